The van der Waals surface area contributed by atoms with Crippen LogP contribution in [0.5, 0.6) is 0 Å². The fraction of sp³-hybridized carbons (Fsp3) is 0.892. The van der Waals surface area contributed by atoms with Crippen molar-refractivity contribution in [2.75, 3.05) is 6.61 Å². The molecule has 1 heteroatoms. The first-order valence-electron chi connectivity index (χ1n) is 17.4. The van der Waals surface area contributed by atoms with Crippen molar-refractivity contribution in [1.82, 2.24) is 0 Å². The quantitative estimate of drug-likeness (QED) is 0.0633. The molecule has 0 bridgehead atoms. The normalized spacial score (nSPS) is 11.7. The molecule has 226 valence electrons. The molecule has 0 aliphatic heterocycles. The van der Waals surface area contributed by atoms with Gasteiger partial charge in [-0.3, -0.25) is 0 Å². The molecule has 0 amide bonds. The third-order valence-electron chi connectivity index (χ3n) is 7.67. The van der Waals surface area contributed by atoms with Crippen LogP contribution in [0.2, 0.25) is 0 Å². The number of hydrogen-bond donors (Lipinski definition) is 1. The van der Waals surface area contributed by atoms with Gasteiger partial charge in [0.2, 0.25) is 0 Å². The van der Waals surface area contributed by atoms with E-state index in [9.17, 15) is 0 Å². The molecule has 0 rings (SSSR count). The summed E-state index contributed by atoms with van der Waals surface area (Å²) in [6.45, 7) is 9.41. The first kappa shape index (κ1) is 39.4. The van der Waals surface area contributed by atoms with Gasteiger partial charge in [0.05, 0.1) is 0 Å². The minimum Gasteiger partial charge on any atom is -0.396 e. The molecule has 0 saturated carbocycles. The van der Waals surface area contributed by atoms with E-state index in [0.717, 1.165) is 25.2 Å². The van der Waals surface area contributed by atoms with E-state index in [4.69, 9.17) is 5.11 Å². The summed E-state index contributed by atoms with van der Waals surface area (Å²) < 4.78 is 0. The number of aliphatic hydroxyl groups excluding tert-OH is 1. The van der Waals surface area contributed by atoms with E-state index in [-0.39, 0.29) is 0 Å². The Kier molecular flexibility index (Phi) is 39.8. The van der Waals surface area contributed by atoms with Crippen molar-refractivity contribution < 1.29 is 5.11 Å². The fourth-order valence-electron chi connectivity index (χ4n) is 4.72. The van der Waals surface area contributed by atoms with Crippen LogP contribution in [0.15, 0.2) is 12.2 Å². The number of hydrogen-bond acceptors (Lipinski definition) is 1. The maximum Gasteiger partial charge on any atom is 0.0431 e. The van der Waals surface area contributed by atoms with Gasteiger partial charge in [0.25, 0.3) is 0 Å². The lowest BCUT2D eigenvalue weighted by atomic mass is 10.0. The molecule has 0 saturated heterocycles. The van der Waals surface area contributed by atoms with Crippen molar-refractivity contribution in [2.45, 2.75) is 201 Å². The van der Waals surface area contributed by atoms with E-state index in [1.54, 1.807) is 0 Å². The van der Waals surface area contributed by atoms with Gasteiger partial charge in [-0.15, -0.1) is 11.8 Å². The van der Waals surface area contributed by atoms with Crippen LogP contribution < -0.4 is 0 Å². The zero-order valence-corrected chi connectivity index (χ0v) is 27.0. The Hall–Kier alpha value is -0.740. The molecule has 1 nitrogen and oxygen atoms in total. The van der Waals surface area contributed by atoms with E-state index in [1.165, 1.54) is 154 Å². The standard InChI is InChI=1S/C20H38.C17H34O/c1-3-5-7-9-11-13-15-17-19-20-18-16-14-12-10-8-6-4-2;1-3-17(2)15-13-11-9-7-5-4-6-8-10-12-14-16-18/h3-5,7,9-20H2,1-2H3;5,7,17-18H,3-4,6,8-16H2,1-2H3/t;17-/m.1/s1. The Bertz CT molecular complexity index is 483. The summed E-state index contributed by atoms with van der Waals surface area (Å²) >= 11 is 0. The third kappa shape index (κ3) is 39.8. The predicted octanol–water partition coefficient (Wildman–Crippen LogP) is 12.8. The second-order valence-electron chi connectivity index (χ2n) is 11.6. The Morgan fingerprint density at radius 2 is 0.974 bits per heavy atom. The van der Waals surface area contributed by atoms with Crippen LogP contribution in [-0.4, -0.2) is 11.7 Å². The number of aliphatic hydroxyl groups is 1. The molecule has 0 aliphatic carbocycles. The maximum absolute atomic E-state index is 8.65. The predicted molar refractivity (Wildman–Crippen MR) is 175 cm³/mol. The van der Waals surface area contributed by atoms with Crippen LogP contribution in [0.4, 0.5) is 0 Å². The molecule has 1 N–H and O–H groups in total. The van der Waals surface area contributed by atoms with Crippen molar-refractivity contribution >= 4 is 0 Å². The van der Waals surface area contributed by atoms with Crippen molar-refractivity contribution in [3.8, 4) is 11.8 Å². The van der Waals surface area contributed by atoms with Crippen molar-refractivity contribution in [3.05, 3.63) is 12.2 Å². The SMILES string of the molecule is CCC#CCCCCCCCCCCCCCCCC.CC[C@@H](C)CCCCC=CCCCCCCCO. The summed E-state index contributed by atoms with van der Waals surface area (Å²) in [7, 11) is 0. The van der Waals surface area contributed by atoms with Gasteiger partial charge >= 0.3 is 0 Å². The van der Waals surface area contributed by atoms with E-state index < -0.39 is 0 Å². The average molecular weight is 533 g/mol. The molecule has 1 atom stereocenters. The van der Waals surface area contributed by atoms with Crippen molar-refractivity contribution in [1.29, 1.82) is 0 Å². The van der Waals surface area contributed by atoms with E-state index in [2.05, 4.69) is 51.7 Å². The van der Waals surface area contributed by atoms with Gasteiger partial charge < -0.3 is 5.11 Å². The monoisotopic (exact) mass is 533 g/mol. The molecule has 0 aromatic rings. The fourth-order valence-corrected chi connectivity index (χ4v) is 4.72. The molecule has 38 heavy (non-hydrogen) atoms. The lowest BCUT2D eigenvalue weighted by Crippen LogP contribution is -1.90. The topological polar surface area (TPSA) is 20.2 Å². The summed E-state index contributed by atoms with van der Waals surface area (Å²) in [6, 6.07) is 0. The first-order valence-corrected chi connectivity index (χ1v) is 17.4. The van der Waals surface area contributed by atoms with Gasteiger partial charge in [0.1, 0.15) is 0 Å². The Labute approximate surface area is 242 Å². The van der Waals surface area contributed by atoms with Crippen LogP contribution in [0.1, 0.15) is 201 Å². The highest BCUT2D eigenvalue weighted by Crippen LogP contribution is 2.14. The van der Waals surface area contributed by atoms with Crippen molar-refractivity contribution in [2.24, 2.45) is 5.92 Å². The number of unbranched alkanes of at least 4 members (excludes halogenated alkanes) is 21. The number of allylic oxidation sites excluding steroid dienone is 2. The average Bonchev–Trinajstić information content (AvgIpc) is 2.93. The lowest BCUT2D eigenvalue weighted by Gasteiger charge is -2.06. The molecule has 0 unspecified atom stereocenters. The van der Waals surface area contributed by atoms with Crippen molar-refractivity contribution in [3.63, 3.8) is 0 Å². The van der Waals surface area contributed by atoms with Gasteiger partial charge in [-0.1, -0.05) is 162 Å². The maximum atomic E-state index is 8.65. The summed E-state index contributed by atoms with van der Waals surface area (Å²) in [5.74, 6) is 7.28. The van der Waals surface area contributed by atoms with E-state index in [1.807, 2.05) is 0 Å². The van der Waals surface area contributed by atoms with Gasteiger partial charge in [-0.25, -0.2) is 0 Å². The lowest BCUT2D eigenvalue weighted by molar-refractivity contribution is 0.282. The molecular weight excluding hydrogens is 460 g/mol. The van der Waals surface area contributed by atoms with Crippen LogP contribution >= 0.6 is 0 Å². The molecule has 0 heterocycles. The molecule has 0 aliphatic rings. The van der Waals surface area contributed by atoms with Gasteiger partial charge in [-0.2, -0.15) is 0 Å². The van der Waals surface area contributed by atoms with Crippen LogP contribution in [0.3, 0.4) is 0 Å². The largest absolute Gasteiger partial charge is 0.396 e. The zero-order chi connectivity index (χ0) is 28.2. The molecule has 0 fully saturated rings. The Morgan fingerprint density at radius 3 is 1.45 bits per heavy atom. The minimum absolute atomic E-state index is 0.358. The van der Waals surface area contributed by atoms with E-state index >= 15 is 0 Å². The molecule has 0 aromatic carbocycles. The summed E-state index contributed by atoms with van der Waals surface area (Å²) in [4.78, 5) is 0. The van der Waals surface area contributed by atoms with E-state index in [0.29, 0.717) is 6.61 Å². The minimum atomic E-state index is 0.358. The molecular formula is C37H72O. The summed E-state index contributed by atoms with van der Waals surface area (Å²) in [6.07, 6.45) is 41.0. The Morgan fingerprint density at radius 1 is 0.526 bits per heavy atom. The smallest absolute Gasteiger partial charge is 0.0431 e. The second kappa shape index (κ2) is 38.4. The highest BCUT2D eigenvalue weighted by atomic mass is 16.2. The molecule has 0 spiro atoms. The van der Waals surface area contributed by atoms with Crippen LogP contribution in [0.25, 0.3) is 0 Å². The first-order chi connectivity index (χ1) is 18.7. The highest BCUT2D eigenvalue weighted by Gasteiger charge is 1.97. The van der Waals surface area contributed by atoms with Gasteiger partial charge in [0, 0.05) is 19.4 Å². The zero-order valence-electron chi connectivity index (χ0n) is 27.0. The van der Waals surface area contributed by atoms with Gasteiger partial charge in [0.15, 0.2) is 0 Å². The summed E-state index contributed by atoms with van der Waals surface area (Å²) in [5, 5.41) is 8.65. The Balaban J connectivity index is 0. The van der Waals surface area contributed by atoms with Crippen LogP contribution in [0, 0.1) is 17.8 Å². The van der Waals surface area contributed by atoms with Crippen LogP contribution in [-0.2, 0) is 0 Å². The third-order valence-corrected chi connectivity index (χ3v) is 7.67. The second-order valence-corrected chi connectivity index (χ2v) is 11.6. The summed E-state index contributed by atoms with van der Waals surface area (Å²) in [5.41, 5.74) is 0. The molecule has 0 aromatic heterocycles. The number of rotatable bonds is 27. The molecule has 0 radical (unpaired) electrons. The highest BCUT2D eigenvalue weighted by molar-refractivity contribution is 4.97. The van der Waals surface area contributed by atoms with Gasteiger partial charge in [-0.05, 0) is 44.4 Å².